The highest BCUT2D eigenvalue weighted by Gasteiger charge is 2.65. The second-order valence-corrected chi connectivity index (χ2v) is 7.88. The molecule has 4 nitrogen and oxygen atoms in total. The Hall–Kier alpha value is -1.10. The van der Waals surface area contributed by atoms with Gasteiger partial charge in [-0.1, -0.05) is 32.0 Å². The van der Waals surface area contributed by atoms with Crippen molar-refractivity contribution >= 4 is 17.6 Å². The zero-order valence-electron chi connectivity index (χ0n) is 14.7. The number of hydrogen-bond acceptors (Lipinski definition) is 4. The molecule has 2 aliphatic rings. The van der Waals surface area contributed by atoms with Crippen molar-refractivity contribution in [2.45, 2.75) is 62.9 Å². The molecule has 2 heterocycles. The first kappa shape index (κ1) is 17.7. The summed E-state index contributed by atoms with van der Waals surface area (Å²) in [4.78, 5) is 11.9. The van der Waals surface area contributed by atoms with E-state index in [2.05, 4.69) is 20.8 Å². The second-order valence-electron chi connectivity index (χ2n) is 7.35. The Kier molecular flexibility index (Phi) is 4.67. The number of benzene rings is 1. The molecule has 1 aromatic carbocycles. The lowest BCUT2D eigenvalue weighted by molar-refractivity contribution is -0.0958. The molecule has 24 heavy (non-hydrogen) atoms. The number of halogens is 1. The van der Waals surface area contributed by atoms with Crippen LogP contribution in [0.2, 0.25) is 0 Å². The number of rotatable bonds is 5. The molecule has 0 spiro atoms. The third-order valence-corrected chi connectivity index (χ3v) is 6.09. The highest BCUT2D eigenvalue weighted by Crippen LogP contribution is 2.57. The number of methoxy groups -OCH3 is 1. The molecule has 0 aliphatic carbocycles. The number of fused-ring (bicyclic) bond motifs is 2. The molecule has 2 saturated heterocycles. The van der Waals surface area contributed by atoms with Gasteiger partial charge < -0.3 is 14.2 Å². The number of ether oxygens (including phenoxy) is 3. The van der Waals surface area contributed by atoms with Crippen molar-refractivity contribution in [3.8, 4) is 0 Å². The fraction of sp³-hybridized carbons (Fsp3) is 0.632. The Balaban J connectivity index is 1.74. The minimum atomic E-state index is -0.364. The quantitative estimate of drug-likeness (QED) is 0.594. The molecule has 0 saturated carbocycles. The van der Waals surface area contributed by atoms with Crippen LogP contribution in [0, 0.1) is 5.92 Å². The summed E-state index contributed by atoms with van der Waals surface area (Å²) < 4.78 is 17.4. The van der Waals surface area contributed by atoms with Gasteiger partial charge in [-0.25, -0.2) is 4.79 Å². The van der Waals surface area contributed by atoms with E-state index in [1.54, 1.807) is 6.07 Å². The van der Waals surface area contributed by atoms with Gasteiger partial charge in [0, 0.05) is 6.42 Å². The van der Waals surface area contributed by atoms with E-state index in [-0.39, 0.29) is 28.7 Å². The summed E-state index contributed by atoms with van der Waals surface area (Å²) in [5, 5.41) is 0.0182. The molecule has 2 fully saturated rings. The van der Waals surface area contributed by atoms with E-state index in [4.69, 9.17) is 25.8 Å². The van der Waals surface area contributed by atoms with Crippen LogP contribution in [0.3, 0.4) is 0 Å². The summed E-state index contributed by atoms with van der Waals surface area (Å²) in [6, 6.07) is 7.37. The summed E-state index contributed by atoms with van der Waals surface area (Å²) in [7, 11) is 1.39. The van der Waals surface area contributed by atoms with E-state index in [0.717, 1.165) is 18.4 Å². The zero-order valence-corrected chi connectivity index (χ0v) is 15.4. The van der Waals surface area contributed by atoms with Gasteiger partial charge in [0.25, 0.3) is 0 Å². The van der Waals surface area contributed by atoms with Crippen LogP contribution < -0.4 is 0 Å². The van der Waals surface area contributed by atoms with Crippen LogP contribution in [0.5, 0.6) is 0 Å². The molecule has 2 aliphatic heterocycles. The number of carbonyl (C=O) groups excluding carboxylic acids is 1. The number of carbonyl (C=O) groups is 1. The van der Waals surface area contributed by atoms with Gasteiger partial charge in [-0.3, -0.25) is 0 Å². The number of hydrogen-bond donors (Lipinski definition) is 0. The molecule has 2 bridgehead atoms. The van der Waals surface area contributed by atoms with Crippen molar-refractivity contribution in [1.29, 1.82) is 0 Å². The fourth-order valence-corrected chi connectivity index (χ4v) is 4.73. The topological polar surface area (TPSA) is 44.8 Å². The summed E-state index contributed by atoms with van der Waals surface area (Å²) >= 11 is 6.58. The van der Waals surface area contributed by atoms with E-state index in [1.807, 2.05) is 18.2 Å². The molecular weight excluding hydrogens is 328 g/mol. The van der Waals surface area contributed by atoms with Crippen molar-refractivity contribution in [3.63, 3.8) is 0 Å². The predicted octanol–water partition coefficient (Wildman–Crippen LogP) is 3.94. The number of alkyl halides is 1. The molecule has 0 aromatic heterocycles. The predicted molar refractivity (Wildman–Crippen MR) is 92.3 cm³/mol. The van der Waals surface area contributed by atoms with Crippen LogP contribution in [0.1, 0.15) is 49.5 Å². The first-order chi connectivity index (χ1) is 11.3. The monoisotopic (exact) mass is 352 g/mol. The average Bonchev–Trinajstić information content (AvgIpc) is 3.00. The molecule has 5 heteroatoms. The first-order valence-electron chi connectivity index (χ1n) is 8.44. The van der Waals surface area contributed by atoms with Crippen molar-refractivity contribution in [2.24, 2.45) is 5.92 Å². The SMILES string of the molecule is COC(=O)c1ccccc1COC1CC2(C(C)C)OC1(C)CC2Cl. The molecule has 0 amide bonds. The van der Waals surface area contributed by atoms with Crippen LogP contribution in [-0.2, 0) is 20.8 Å². The van der Waals surface area contributed by atoms with Gasteiger partial charge in [0.2, 0.25) is 0 Å². The van der Waals surface area contributed by atoms with Crippen LogP contribution in [0.4, 0.5) is 0 Å². The summed E-state index contributed by atoms with van der Waals surface area (Å²) in [5.41, 5.74) is 0.694. The molecule has 1 aromatic rings. The fourth-order valence-electron chi connectivity index (χ4n) is 4.04. The van der Waals surface area contributed by atoms with Gasteiger partial charge in [-0.15, -0.1) is 11.6 Å². The van der Waals surface area contributed by atoms with Gasteiger partial charge in [-0.2, -0.15) is 0 Å². The second kappa shape index (κ2) is 6.32. The zero-order chi connectivity index (χ0) is 17.5. The molecule has 0 N–H and O–H groups in total. The minimum Gasteiger partial charge on any atom is -0.465 e. The average molecular weight is 353 g/mol. The lowest BCUT2D eigenvalue weighted by Gasteiger charge is -2.35. The maximum Gasteiger partial charge on any atom is 0.338 e. The maximum absolute atomic E-state index is 11.9. The Labute approximate surface area is 148 Å². The standard InChI is InChI=1S/C19H25ClO4/c1-12(2)19-10-16(18(3,24-19)9-15(19)20)23-11-13-7-5-6-8-14(13)17(21)22-4/h5-8,12,15-16H,9-11H2,1-4H3. The highest BCUT2D eigenvalue weighted by molar-refractivity contribution is 6.21. The summed E-state index contributed by atoms with van der Waals surface area (Å²) in [6.45, 7) is 6.73. The Morgan fingerprint density at radius 2 is 2.08 bits per heavy atom. The molecule has 4 unspecified atom stereocenters. The largest absolute Gasteiger partial charge is 0.465 e. The van der Waals surface area contributed by atoms with Crippen molar-refractivity contribution in [1.82, 2.24) is 0 Å². The van der Waals surface area contributed by atoms with Gasteiger partial charge in [-0.05, 0) is 30.9 Å². The maximum atomic E-state index is 11.9. The van der Waals surface area contributed by atoms with Crippen LogP contribution in [0.15, 0.2) is 24.3 Å². The van der Waals surface area contributed by atoms with Crippen molar-refractivity contribution in [3.05, 3.63) is 35.4 Å². The Morgan fingerprint density at radius 3 is 2.71 bits per heavy atom. The molecule has 4 atom stereocenters. The van der Waals surface area contributed by atoms with Gasteiger partial charge in [0.05, 0.1) is 42.0 Å². The first-order valence-corrected chi connectivity index (χ1v) is 8.88. The molecule has 0 radical (unpaired) electrons. The Morgan fingerprint density at radius 1 is 1.38 bits per heavy atom. The lowest BCUT2D eigenvalue weighted by atomic mass is 9.75. The van der Waals surface area contributed by atoms with Crippen LogP contribution in [-0.4, -0.2) is 35.8 Å². The summed E-state index contributed by atoms with van der Waals surface area (Å²) in [6.07, 6.45) is 1.55. The van der Waals surface area contributed by atoms with E-state index >= 15 is 0 Å². The third-order valence-electron chi connectivity index (χ3n) is 5.56. The molecule has 3 rings (SSSR count). The van der Waals surface area contributed by atoms with Gasteiger partial charge in [0.1, 0.15) is 0 Å². The lowest BCUT2D eigenvalue weighted by Crippen LogP contribution is -2.45. The van der Waals surface area contributed by atoms with E-state index in [1.165, 1.54) is 7.11 Å². The summed E-state index contributed by atoms with van der Waals surface area (Å²) in [5.74, 6) is -0.0122. The Bertz CT molecular complexity index is 632. The van der Waals surface area contributed by atoms with E-state index in [0.29, 0.717) is 18.1 Å². The normalized spacial score (nSPS) is 34.8. The van der Waals surface area contributed by atoms with Crippen LogP contribution in [0.25, 0.3) is 0 Å². The molecule has 132 valence electrons. The van der Waals surface area contributed by atoms with Crippen molar-refractivity contribution < 1.29 is 19.0 Å². The molecular formula is C19H25ClO4. The van der Waals surface area contributed by atoms with E-state index < -0.39 is 0 Å². The van der Waals surface area contributed by atoms with Crippen LogP contribution >= 0.6 is 11.6 Å². The van der Waals surface area contributed by atoms with Crippen molar-refractivity contribution in [2.75, 3.05) is 7.11 Å². The highest BCUT2D eigenvalue weighted by atomic mass is 35.5. The third kappa shape index (κ3) is 2.75. The van der Waals surface area contributed by atoms with Gasteiger partial charge >= 0.3 is 5.97 Å². The number of esters is 1. The smallest absolute Gasteiger partial charge is 0.338 e. The minimum absolute atomic E-state index is 0.0182. The van der Waals surface area contributed by atoms with Gasteiger partial charge in [0.15, 0.2) is 0 Å². The van der Waals surface area contributed by atoms with E-state index in [9.17, 15) is 4.79 Å².